The molecular formula is C19H27N3O3. The summed E-state index contributed by atoms with van der Waals surface area (Å²) >= 11 is 0. The molecule has 6 nitrogen and oxygen atoms in total. The van der Waals surface area contributed by atoms with Crippen LogP contribution in [-0.4, -0.2) is 44.0 Å². The van der Waals surface area contributed by atoms with Crippen molar-refractivity contribution in [2.75, 3.05) is 20.7 Å². The lowest BCUT2D eigenvalue weighted by atomic mass is 9.90. The molecule has 2 N–H and O–H groups in total. The Morgan fingerprint density at radius 3 is 2.80 bits per heavy atom. The summed E-state index contributed by atoms with van der Waals surface area (Å²) in [6.45, 7) is 6.14. The minimum atomic E-state index is -0.155. The SMILES string of the molecule is COC1=C(C)C=C2CC(=C1)NC(C)=C2C[C@H](C)NC(=O)CN(C)C=O. The van der Waals surface area contributed by atoms with Gasteiger partial charge in [0.2, 0.25) is 12.3 Å². The second kappa shape index (κ2) is 8.05. The summed E-state index contributed by atoms with van der Waals surface area (Å²) in [5.41, 5.74) is 5.76. The first kappa shape index (κ1) is 18.8. The molecule has 0 aromatic carbocycles. The zero-order valence-electron chi connectivity index (χ0n) is 15.6. The molecule has 0 spiro atoms. The minimum Gasteiger partial charge on any atom is -0.496 e. The van der Waals surface area contributed by atoms with E-state index in [1.54, 1.807) is 14.2 Å². The van der Waals surface area contributed by atoms with E-state index in [0.29, 0.717) is 6.41 Å². The van der Waals surface area contributed by atoms with Crippen LogP contribution in [-0.2, 0) is 14.3 Å². The van der Waals surface area contributed by atoms with Crippen molar-refractivity contribution in [2.45, 2.75) is 39.7 Å². The molecule has 1 atom stereocenters. The van der Waals surface area contributed by atoms with Crippen LogP contribution < -0.4 is 10.6 Å². The first-order valence-electron chi connectivity index (χ1n) is 8.42. The fraction of sp³-hybridized carbons (Fsp3) is 0.474. The van der Waals surface area contributed by atoms with E-state index < -0.39 is 0 Å². The van der Waals surface area contributed by atoms with Crippen LogP contribution in [0.15, 0.2) is 46.0 Å². The van der Waals surface area contributed by atoms with E-state index >= 15 is 0 Å². The number of carbonyl (C=O) groups excluding carboxylic acids is 2. The van der Waals surface area contributed by atoms with E-state index in [2.05, 4.69) is 23.6 Å². The quantitative estimate of drug-likeness (QED) is 0.692. The molecule has 2 aliphatic rings. The van der Waals surface area contributed by atoms with Gasteiger partial charge >= 0.3 is 0 Å². The summed E-state index contributed by atoms with van der Waals surface area (Å²) in [6, 6.07) is -0.0276. The van der Waals surface area contributed by atoms with E-state index in [9.17, 15) is 9.59 Å². The predicted molar refractivity (Wildman–Crippen MR) is 97.2 cm³/mol. The topological polar surface area (TPSA) is 70.7 Å². The lowest BCUT2D eigenvalue weighted by Crippen LogP contribution is -2.40. The van der Waals surface area contributed by atoms with Gasteiger partial charge < -0.3 is 20.3 Å². The van der Waals surface area contributed by atoms with Gasteiger partial charge in [-0.15, -0.1) is 0 Å². The monoisotopic (exact) mass is 345 g/mol. The molecule has 6 heteroatoms. The van der Waals surface area contributed by atoms with Gasteiger partial charge in [0, 0.05) is 30.9 Å². The lowest BCUT2D eigenvalue weighted by molar-refractivity contribution is -0.127. The van der Waals surface area contributed by atoms with Crippen molar-refractivity contribution in [3.63, 3.8) is 0 Å². The van der Waals surface area contributed by atoms with E-state index in [0.717, 1.165) is 35.6 Å². The molecule has 25 heavy (non-hydrogen) atoms. The van der Waals surface area contributed by atoms with Crippen molar-refractivity contribution in [1.29, 1.82) is 0 Å². The second-order valence-electron chi connectivity index (χ2n) is 6.69. The van der Waals surface area contributed by atoms with Gasteiger partial charge in [-0.2, -0.15) is 0 Å². The molecule has 0 unspecified atom stereocenters. The van der Waals surface area contributed by atoms with Crippen LogP contribution in [0.25, 0.3) is 0 Å². The van der Waals surface area contributed by atoms with E-state index in [1.807, 2.05) is 19.9 Å². The third-order valence-corrected chi connectivity index (χ3v) is 4.36. The molecule has 2 amide bonds. The van der Waals surface area contributed by atoms with Crippen LogP contribution >= 0.6 is 0 Å². The highest BCUT2D eigenvalue weighted by atomic mass is 16.5. The Labute approximate surface area is 149 Å². The molecule has 0 aromatic rings. The average molecular weight is 345 g/mol. The molecule has 2 rings (SSSR count). The summed E-state index contributed by atoms with van der Waals surface area (Å²) in [6.07, 6.45) is 6.40. The van der Waals surface area contributed by atoms with Gasteiger partial charge in [0.25, 0.3) is 0 Å². The van der Waals surface area contributed by atoms with E-state index in [-0.39, 0.29) is 18.5 Å². The number of nitrogens with one attached hydrogen (secondary N) is 2. The Morgan fingerprint density at radius 1 is 1.44 bits per heavy atom. The molecule has 2 bridgehead atoms. The number of amides is 2. The van der Waals surface area contributed by atoms with Crippen LogP contribution in [0.3, 0.4) is 0 Å². The molecule has 0 fully saturated rings. The minimum absolute atomic E-state index is 0.0276. The molecule has 1 aliphatic heterocycles. The fourth-order valence-electron chi connectivity index (χ4n) is 3.19. The highest BCUT2D eigenvalue weighted by molar-refractivity contribution is 5.80. The Morgan fingerprint density at radius 2 is 2.16 bits per heavy atom. The molecule has 136 valence electrons. The Bertz CT molecular complexity index is 686. The number of allylic oxidation sites excluding steroid dienone is 5. The third kappa shape index (κ3) is 4.75. The zero-order chi connectivity index (χ0) is 18.6. The molecule has 0 saturated heterocycles. The molecule has 1 heterocycles. The van der Waals surface area contributed by atoms with Crippen molar-refractivity contribution in [1.82, 2.24) is 15.5 Å². The Hall–Kier alpha value is -2.50. The first-order valence-corrected chi connectivity index (χ1v) is 8.42. The Kier molecular flexibility index (Phi) is 6.07. The number of hydrogen-bond acceptors (Lipinski definition) is 4. The summed E-state index contributed by atoms with van der Waals surface area (Å²) in [5, 5.41) is 6.39. The maximum atomic E-state index is 12.0. The number of hydrogen-bond donors (Lipinski definition) is 2. The van der Waals surface area contributed by atoms with Crippen molar-refractivity contribution in [3.05, 3.63) is 46.0 Å². The summed E-state index contributed by atoms with van der Waals surface area (Å²) in [7, 11) is 3.26. The maximum Gasteiger partial charge on any atom is 0.239 e. The van der Waals surface area contributed by atoms with Crippen molar-refractivity contribution < 1.29 is 14.3 Å². The largest absolute Gasteiger partial charge is 0.496 e. The van der Waals surface area contributed by atoms with E-state index in [1.165, 1.54) is 16.0 Å². The molecular weight excluding hydrogens is 318 g/mol. The first-order chi connectivity index (χ1) is 11.8. The van der Waals surface area contributed by atoms with Gasteiger partial charge in [-0.25, -0.2) is 0 Å². The van der Waals surface area contributed by atoms with Crippen LogP contribution in [0.4, 0.5) is 0 Å². The molecule has 0 aromatic heterocycles. The number of rotatable bonds is 7. The van der Waals surface area contributed by atoms with Crippen LogP contribution in [0.5, 0.6) is 0 Å². The summed E-state index contributed by atoms with van der Waals surface area (Å²) in [5.74, 6) is 0.710. The highest BCUT2D eigenvalue weighted by Gasteiger charge is 2.23. The van der Waals surface area contributed by atoms with E-state index in [4.69, 9.17) is 4.74 Å². The van der Waals surface area contributed by atoms with Gasteiger partial charge in [-0.1, -0.05) is 6.08 Å². The molecule has 0 saturated carbocycles. The predicted octanol–water partition coefficient (Wildman–Crippen LogP) is 1.98. The number of fused-ring (bicyclic) bond motifs is 2. The molecule has 0 radical (unpaired) electrons. The van der Waals surface area contributed by atoms with Crippen LogP contribution in [0.1, 0.15) is 33.6 Å². The van der Waals surface area contributed by atoms with Crippen molar-refractivity contribution >= 4 is 12.3 Å². The average Bonchev–Trinajstić information content (AvgIpc) is 2.67. The van der Waals surface area contributed by atoms with Crippen molar-refractivity contribution in [3.8, 4) is 0 Å². The normalized spacial score (nSPS) is 17.8. The number of methoxy groups -OCH3 is 1. The summed E-state index contributed by atoms with van der Waals surface area (Å²) < 4.78 is 5.45. The molecule has 1 aliphatic carbocycles. The smallest absolute Gasteiger partial charge is 0.239 e. The fourth-order valence-corrected chi connectivity index (χ4v) is 3.19. The number of nitrogens with zero attached hydrogens (tertiary/aromatic N) is 1. The number of ether oxygens (including phenoxy) is 1. The number of likely N-dealkylation sites (N-methyl/N-ethyl adjacent to an activating group) is 1. The van der Waals surface area contributed by atoms with Crippen molar-refractivity contribution in [2.24, 2.45) is 0 Å². The van der Waals surface area contributed by atoms with Crippen LogP contribution in [0.2, 0.25) is 0 Å². The number of carbonyl (C=O) groups is 2. The van der Waals surface area contributed by atoms with Gasteiger partial charge in [0.05, 0.1) is 13.7 Å². The van der Waals surface area contributed by atoms with Gasteiger partial charge in [-0.05, 0) is 50.0 Å². The third-order valence-electron chi connectivity index (χ3n) is 4.36. The second-order valence-corrected chi connectivity index (χ2v) is 6.69. The van der Waals surface area contributed by atoms with Gasteiger partial charge in [-0.3, -0.25) is 9.59 Å². The summed E-state index contributed by atoms with van der Waals surface area (Å²) in [4.78, 5) is 23.9. The standard InChI is InChI=1S/C19H27N3O3/c1-12-6-15-8-16(9-18(12)25-5)21-14(3)17(15)7-13(2)20-19(24)10-22(4)11-23/h6,9,11,13,21H,7-8,10H2,1-5H3,(H,20,24)/t13-/m0/s1. The Balaban J connectivity index is 2.12. The van der Waals surface area contributed by atoms with Crippen LogP contribution in [0, 0.1) is 0 Å². The highest BCUT2D eigenvalue weighted by Crippen LogP contribution is 2.34. The van der Waals surface area contributed by atoms with Gasteiger partial charge in [0.15, 0.2) is 0 Å². The maximum absolute atomic E-state index is 12.0. The lowest BCUT2D eigenvalue weighted by Gasteiger charge is -2.27. The van der Waals surface area contributed by atoms with Gasteiger partial charge in [0.1, 0.15) is 5.76 Å². The zero-order valence-corrected chi connectivity index (χ0v) is 15.6.